The lowest BCUT2D eigenvalue weighted by molar-refractivity contribution is -0.106. The van der Waals surface area contributed by atoms with Gasteiger partial charge in [-0.2, -0.15) is 13.2 Å². The van der Waals surface area contributed by atoms with Crippen molar-refractivity contribution in [1.29, 1.82) is 0 Å². The van der Waals surface area contributed by atoms with Crippen LogP contribution in [0.5, 0.6) is 0 Å². The van der Waals surface area contributed by atoms with Gasteiger partial charge in [0.25, 0.3) is 0 Å². The maximum atomic E-state index is 12.5. The van der Waals surface area contributed by atoms with E-state index in [1.165, 1.54) is 6.92 Å². The smallest absolute Gasteiger partial charge is 0.381 e. The monoisotopic (exact) mass is 221 g/mol. The van der Waals surface area contributed by atoms with Crippen LogP contribution in [0, 0.1) is 0 Å². The van der Waals surface area contributed by atoms with Crippen molar-refractivity contribution in [3.63, 3.8) is 0 Å². The van der Waals surface area contributed by atoms with Crippen LogP contribution in [0.15, 0.2) is 22.9 Å². The third-order valence-electron chi connectivity index (χ3n) is 2.16. The molecule has 15 heavy (non-hydrogen) atoms. The van der Waals surface area contributed by atoms with Gasteiger partial charge in [0.15, 0.2) is 0 Å². The second-order valence-corrected chi connectivity index (χ2v) is 3.32. The zero-order valence-corrected chi connectivity index (χ0v) is 9.14. The highest BCUT2D eigenvalue weighted by molar-refractivity contribution is 5.68. The average Bonchev–Trinajstić information content (AvgIpc) is 2.09. The Hall–Kier alpha value is -1.26. The number of hydrogen-bond acceptors (Lipinski definition) is 2. The van der Waals surface area contributed by atoms with Gasteiger partial charge in [0.05, 0.1) is 5.57 Å². The number of carbonyl (C=O) groups excluding carboxylic acids is 1. The van der Waals surface area contributed by atoms with E-state index in [0.29, 0.717) is 11.8 Å². The molecule has 0 saturated carbocycles. The third kappa shape index (κ3) is 3.77. The Morgan fingerprint density at radius 1 is 1.20 bits per heavy atom. The first-order valence-corrected chi connectivity index (χ1v) is 4.29. The lowest BCUT2D eigenvalue weighted by Gasteiger charge is -2.19. The Morgan fingerprint density at radius 2 is 1.67 bits per heavy atom. The molecule has 0 aromatic heterocycles. The van der Waals surface area contributed by atoms with E-state index < -0.39 is 11.7 Å². The summed E-state index contributed by atoms with van der Waals surface area (Å²) >= 11 is 0. The van der Waals surface area contributed by atoms with Crippen LogP contribution < -0.4 is 0 Å². The summed E-state index contributed by atoms with van der Waals surface area (Å²) in [4.78, 5) is 11.7. The number of hydrogen-bond donors (Lipinski definition) is 0. The molecule has 0 bridgehead atoms. The molecule has 0 heterocycles. The molecular weight excluding hydrogens is 207 g/mol. The van der Waals surface area contributed by atoms with E-state index in [0.717, 1.165) is 0 Å². The maximum absolute atomic E-state index is 12.5. The molecule has 2 nitrogen and oxygen atoms in total. The minimum atomic E-state index is -4.50. The van der Waals surface area contributed by atoms with Gasteiger partial charge < -0.3 is 4.90 Å². The minimum Gasteiger partial charge on any atom is -0.381 e. The molecular formula is C10H14F3NO. The summed E-state index contributed by atoms with van der Waals surface area (Å²) in [6.45, 7) is 2.91. The molecule has 0 aromatic carbocycles. The zero-order chi connectivity index (χ0) is 12.2. The van der Waals surface area contributed by atoms with Crippen molar-refractivity contribution < 1.29 is 18.0 Å². The maximum Gasteiger partial charge on any atom is 0.416 e. The third-order valence-corrected chi connectivity index (χ3v) is 2.16. The Labute approximate surface area is 87.1 Å². The molecule has 0 aliphatic carbocycles. The van der Waals surface area contributed by atoms with Gasteiger partial charge in [0, 0.05) is 19.8 Å². The lowest BCUT2D eigenvalue weighted by atomic mass is 10.1. The molecule has 0 amide bonds. The molecule has 0 spiro atoms. The fourth-order valence-corrected chi connectivity index (χ4v) is 1.03. The SMILES string of the molecule is CC(=C(C)N(C)C)/C(=C\C=O)C(F)(F)F. The average molecular weight is 221 g/mol. The summed E-state index contributed by atoms with van der Waals surface area (Å²) in [5, 5.41) is 0. The molecule has 0 N–H and O–H groups in total. The molecule has 0 atom stereocenters. The first-order valence-electron chi connectivity index (χ1n) is 4.29. The van der Waals surface area contributed by atoms with E-state index in [4.69, 9.17) is 0 Å². The number of nitrogens with zero attached hydrogens (tertiary/aromatic N) is 1. The van der Waals surface area contributed by atoms with Gasteiger partial charge in [-0.15, -0.1) is 0 Å². The lowest BCUT2D eigenvalue weighted by Crippen LogP contribution is -2.18. The Balaban J connectivity index is 5.41. The van der Waals surface area contributed by atoms with Gasteiger partial charge in [-0.05, 0) is 25.5 Å². The number of aldehydes is 1. The summed E-state index contributed by atoms with van der Waals surface area (Å²) in [6.07, 6.45) is -3.81. The second-order valence-electron chi connectivity index (χ2n) is 3.32. The van der Waals surface area contributed by atoms with Crippen molar-refractivity contribution in [3.8, 4) is 0 Å². The standard InChI is InChI=1S/C10H14F3NO/c1-7(8(2)14(3)4)9(5-6-15)10(11,12)13/h5-6H,1-4H3/b8-7?,9-5+. The van der Waals surface area contributed by atoms with E-state index >= 15 is 0 Å². The van der Waals surface area contributed by atoms with Crippen LogP contribution >= 0.6 is 0 Å². The van der Waals surface area contributed by atoms with Crippen LogP contribution in [-0.4, -0.2) is 31.5 Å². The van der Waals surface area contributed by atoms with Gasteiger partial charge >= 0.3 is 6.18 Å². The van der Waals surface area contributed by atoms with E-state index in [9.17, 15) is 18.0 Å². The van der Waals surface area contributed by atoms with Crippen LogP contribution in [0.2, 0.25) is 0 Å². The predicted octanol–water partition coefficient (Wildman–Crippen LogP) is 2.53. The molecule has 0 unspecified atom stereocenters. The van der Waals surface area contributed by atoms with Gasteiger partial charge in [-0.3, -0.25) is 4.79 Å². The van der Waals surface area contributed by atoms with Crippen molar-refractivity contribution >= 4 is 6.29 Å². The molecule has 0 fully saturated rings. The molecule has 5 heteroatoms. The largest absolute Gasteiger partial charge is 0.416 e. The van der Waals surface area contributed by atoms with Crippen molar-refractivity contribution in [3.05, 3.63) is 22.9 Å². The molecule has 0 saturated heterocycles. The van der Waals surface area contributed by atoms with E-state index in [1.807, 2.05) is 0 Å². The number of carbonyl (C=O) groups is 1. The fourth-order valence-electron chi connectivity index (χ4n) is 1.03. The molecule has 0 rings (SSSR count). The second kappa shape index (κ2) is 5.00. The summed E-state index contributed by atoms with van der Waals surface area (Å²) in [5.41, 5.74) is -0.372. The van der Waals surface area contributed by atoms with Crippen molar-refractivity contribution in [2.24, 2.45) is 0 Å². The molecule has 0 aliphatic rings. The zero-order valence-electron chi connectivity index (χ0n) is 9.14. The number of rotatable bonds is 3. The summed E-state index contributed by atoms with van der Waals surface area (Å²) < 4.78 is 37.5. The molecule has 0 aromatic rings. The summed E-state index contributed by atoms with van der Waals surface area (Å²) in [5.74, 6) is 0. The van der Waals surface area contributed by atoms with Gasteiger partial charge in [0.2, 0.25) is 0 Å². The summed E-state index contributed by atoms with van der Waals surface area (Å²) in [6, 6.07) is 0. The van der Waals surface area contributed by atoms with Crippen LogP contribution in [-0.2, 0) is 4.79 Å². The highest BCUT2D eigenvalue weighted by atomic mass is 19.4. The van der Waals surface area contributed by atoms with Crippen LogP contribution in [0.1, 0.15) is 13.8 Å². The highest BCUT2D eigenvalue weighted by Crippen LogP contribution is 2.32. The van der Waals surface area contributed by atoms with Gasteiger partial charge in [0.1, 0.15) is 6.29 Å². The van der Waals surface area contributed by atoms with Crippen LogP contribution in [0.3, 0.4) is 0 Å². The topological polar surface area (TPSA) is 20.3 Å². The van der Waals surface area contributed by atoms with E-state index in [2.05, 4.69) is 0 Å². The fraction of sp³-hybridized carbons (Fsp3) is 0.500. The first-order chi connectivity index (χ1) is 6.71. The number of alkyl halides is 3. The number of allylic oxidation sites excluding steroid dienone is 4. The molecule has 0 radical (unpaired) electrons. The summed E-state index contributed by atoms with van der Waals surface area (Å²) in [7, 11) is 3.29. The van der Waals surface area contributed by atoms with Gasteiger partial charge in [-0.25, -0.2) is 0 Å². The first kappa shape index (κ1) is 13.7. The van der Waals surface area contributed by atoms with E-state index in [-0.39, 0.29) is 11.9 Å². The Kier molecular flexibility index (Phi) is 4.58. The van der Waals surface area contributed by atoms with Crippen molar-refractivity contribution in [1.82, 2.24) is 4.90 Å². The molecule has 86 valence electrons. The van der Waals surface area contributed by atoms with Crippen molar-refractivity contribution in [2.75, 3.05) is 14.1 Å². The van der Waals surface area contributed by atoms with E-state index in [1.54, 1.807) is 25.9 Å². The van der Waals surface area contributed by atoms with Gasteiger partial charge in [-0.1, -0.05) is 0 Å². The minimum absolute atomic E-state index is 0.0552. The number of halogens is 3. The predicted molar refractivity (Wildman–Crippen MR) is 52.3 cm³/mol. The Bertz CT molecular complexity index is 300. The Morgan fingerprint density at radius 3 is 1.93 bits per heavy atom. The highest BCUT2D eigenvalue weighted by Gasteiger charge is 2.35. The normalized spacial score (nSPS) is 14.7. The van der Waals surface area contributed by atoms with Crippen LogP contribution in [0.25, 0.3) is 0 Å². The quantitative estimate of drug-likeness (QED) is 0.414. The van der Waals surface area contributed by atoms with Crippen LogP contribution in [0.4, 0.5) is 13.2 Å². The van der Waals surface area contributed by atoms with Crippen molar-refractivity contribution in [2.45, 2.75) is 20.0 Å². The molecule has 0 aliphatic heterocycles.